The van der Waals surface area contributed by atoms with Gasteiger partial charge in [-0.3, -0.25) is 9.59 Å². The highest BCUT2D eigenvalue weighted by molar-refractivity contribution is 7.09. The van der Waals surface area contributed by atoms with E-state index in [1.54, 1.807) is 11.3 Å². The summed E-state index contributed by atoms with van der Waals surface area (Å²) >= 11 is 1.75. The van der Waals surface area contributed by atoms with Crippen molar-refractivity contribution in [3.05, 3.63) is 52.0 Å². The molecule has 1 aliphatic carbocycles. The van der Waals surface area contributed by atoms with Gasteiger partial charge < -0.3 is 9.88 Å². The minimum atomic E-state index is -0.282. The van der Waals surface area contributed by atoms with Crippen molar-refractivity contribution >= 4 is 34.1 Å². The third-order valence-electron chi connectivity index (χ3n) is 7.31. The molecule has 3 aromatic rings. The summed E-state index contributed by atoms with van der Waals surface area (Å²) < 4.78 is 2.37. The summed E-state index contributed by atoms with van der Waals surface area (Å²) in [6, 6.07) is 10.8. The van der Waals surface area contributed by atoms with Gasteiger partial charge >= 0.3 is 0 Å². The number of benzene rings is 1. The van der Waals surface area contributed by atoms with Gasteiger partial charge in [0, 0.05) is 41.3 Å². The van der Waals surface area contributed by atoms with Gasteiger partial charge in [0.15, 0.2) is 5.78 Å². The Labute approximate surface area is 213 Å². The Morgan fingerprint density at radius 2 is 1.94 bits per heavy atom. The first-order valence-corrected chi connectivity index (χ1v) is 14.1. The Balaban J connectivity index is 1.59. The fraction of sp³-hybridized carbons (Fsp3) is 0.552. The molecule has 1 aliphatic rings. The number of fused-ring (bicyclic) bond motifs is 1. The summed E-state index contributed by atoms with van der Waals surface area (Å²) in [4.78, 5) is 32.6. The Bertz CT molecular complexity index is 1140. The summed E-state index contributed by atoms with van der Waals surface area (Å²) in [5.41, 5.74) is 2.61. The average molecular weight is 494 g/mol. The molecule has 6 heteroatoms. The van der Waals surface area contributed by atoms with Crippen LogP contribution in [0.25, 0.3) is 11.0 Å². The van der Waals surface area contributed by atoms with Crippen molar-refractivity contribution in [3.8, 4) is 0 Å². The molecular weight excluding hydrogens is 454 g/mol. The van der Waals surface area contributed by atoms with E-state index in [9.17, 15) is 9.59 Å². The summed E-state index contributed by atoms with van der Waals surface area (Å²) in [6.07, 6.45) is 7.12. The molecule has 5 nitrogen and oxygen atoms in total. The van der Waals surface area contributed by atoms with Crippen LogP contribution in [0.3, 0.4) is 0 Å². The van der Waals surface area contributed by atoms with Crippen molar-refractivity contribution < 1.29 is 9.59 Å². The van der Waals surface area contributed by atoms with Crippen molar-refractivity contribution in [2.75, 3.05) is 0 Å². The molecule has 1 amide bonds. The van der Waals surface area contributed by atoms with Gasteiger partial charge in [0.1, 0.15) is 5.82 Å². The van der Waals surface area contributed by atoms with Gasteiger partial charge in [-0.15, -0.1) is 11.3 Å². The summed E-state index contributed by atoms with van der Waals surface area (Å²) in [7, 11) is 0. The number of ketones is 1. The minimum Gasteiger partial charge on any atom is -0.353 e. The predicted octanol–water partition coefficient (Wildman–Crippen LogP) is 6.95. The maximum absolute atomic E-state index is 13.3. The SMILES string of the molecule is CCC(CC)n1c(Cc2cccs2)nc2cc(C(=O)C[C@@H](CC(C)C)C(=O)NC3CCC3)ccc21. The van der Waals surface area contributed by atoms with E-state index >= 15 is 0 Å². The van der Waals surface area contributed by atoms with E-state index in [0.29, 0.717) is 23.6 Å². The molecule has 188 valence electrons. The summed E-state index contributed by atoms with van der Waals surface area (Å²) in [5, 5.41) is 5.26. The number of nitrogens with zero attached hydrogens (tertiary/aromatic N) is 2. The van der Waals surface area contributed by atoms with Crippen molar-refractivity contribution in [2.45, 2.75) is 91.1 Å². The highest BCUT2D eigenvalue weighted by Crippen LogP contribution is 2.29. The first-order chi connectivity index (χ1) is 16.9. The smallest absolute Gasteiger partial charge is 0.223 e. The van der Waals surface area contributed by atoms with Crippen LogP contribution in [0.15, 0.2) is 35.7 Å². The van der Waals surface area contributed by atoms with E-state index < -0.39 is 0 Å². The maximum atomic E-state index is 13.3. The van der Waals surface area contributed by atoms with Crippen molar-refractivity contribution in [3.63, 3.8) is 0 Å². The topological polar surface area (TPSA) is 64.0 Å². The molecule has 0 spiro atoms. The number of carbonyl (C=O) groups excluding carboxylic acids is 2. The monoisotopic (exact) mass is 493 g/mol. The van der Waals surface area contributed by atoms with E-state index in [4.69, 9.17) is 4.98 Å². The van der Waals surface area contributed by atoms with Crippen LogP contribution in [0.5, 0.6) is 0 Å². The second kappa shape index (κ2) is 11.5. The quantitative estimate of drug-likeness (QED) is 0.278. The van der Waals surface area contributed by atoms with Gasteiger partial charge in [-0.2, -0.15) is 0 Å². The van der Waals surface area contributed by atoms with Crippen LogP contribution in [-0.2, 0) is 11.2 Å². The number of nitrogens with one attached hydrogen (secondary N) is 1. The fourth-order valence-electron chi connectivity index (χ4n) is 5.14. The van der Waals surface area contributed by atoms with Crippen molar-refractivity contribution in [2.24, 2.45) is 11.8 Å². The molecule has 2 heterocycles. The lowest BCUT2D eigenvalue weighted by molar-refractivity contribution is -0.126. The number of carbonyl (C=O) groups is 2. The standard InChI is InChI=1S/C29H39N3O2S/c1-5-23(6-2)32-26-13-12-20(16-25(26)31-28(32)18-24-11-8-14-35-24)27(33)17-21(15-19(3)4)29(34)30-22-9-7-10-22/h8,11-14,16,19,21-23H,5-7,9-10,15,17-18H2,1-4H3,(H,30,34)/t21-/m1/s1. The van der Waals surface area contributed by atoms with E-state index in [1.165, 1.54) is 11.3 Å². The Hall–Kier alpha value is -2.47. The van der Waals surface area contributed by atoms with Gasteiger partial charge in [0.05, 0.1) is 11.0 Å². The molecule has 4 rings (SSSR count). The number of amides is 1. The van der Waals surface area contributed by atoms with Crippen LogP contribution in [0.4, 0.5) is 0 Å². The van der Waals surface area contributed by atoms with E-state index in [1.807, 2.05) is 12.1 Å². The van der Waals surface area contributed by atoms with E-state index in [-0.39, 0.29) is 24.0 Å². The molecule has 1 N–H and O–H groups in total. The van der Waals surface area contributed by atoms with Gasteiger partial charge in [0.2, 0.25) is 5.91 Å². The fourth-order valence-corrected chi connectivity index (χ4v) is 5.84. The predicted molar refractivity (Wildman–Crippen MR) is 144 cm³/mol. The number of rotatable bonds is 12. The Kier molecular flexibility index (Phi) is 8.42. The molecule has 0 bridgehead atoms. The number of Topliss-reactive ketones (excluding diaryl/α,β-unsaturated/α-hetero) is 1. The molecule has 1 aromatic carbocycles. The van der Waals surface area contributed by atoms with Gasteiger partial charge in [-0.05, 0) is 74.1 Å². The summed E-state index contributed by atoms with van der Waals surface area (Å²) in [6.45, 7) is 8.66. The molecule has 35 heavy (non-hydrogen) atoms. The minimum absolute atomic E-state index is 0.0261. The van der Waals surface area contributed by atoms with Gasteiger partial charge in [-0.25, -0.2) is 4.98 Å². The highest BCUT2D eigenvalue weighted by atomic mass is 32.1. The van der Waals surface area contributed by atoms with E-state index in [2.05, 4.69) is 61.2 Å². The summed E-state index contributed by atoms with van der Waals surface area (Å²) in [5.74, 6) is 1.19. The number of imidazole rings is 1. The van der Waals surface area contributed by atoms with Crippen LogP contribution in [-0.4, -0.2) is 27.3 Å². The molecular formula is C29H39N3O2S. The lowest BCUT2D eigenvalue weighted by Gasteiger charge is -2.29. The third-order valence-corrected chi connectivity index (χ3v) is 8.19. The van der Waals surface area contributed by atoms with Crippen LogP contribution in [0.2, 0.25) is 0 Å². The molecule has 0 saturated heterocycles. The number of aromatic nitrogens is 2. The second-order valence-corrected chi connectivity index (χ2v) is 11.5. The highest BCUT2D eigenvalue weighted by Gasteiger charge is 2.28. The first-order valence-electron chi connectivity index (χ1n) is 13.3. The molecule has 1 fully saturated rings. The van der Waals surface area contributed by atoms with Crippen LogP contribution < -0.4 is 5.32 Å². The molecule has 0 unspecified atom stereocenters. The number of thiophene rings is 1. The third kappa shape index (κ3) is 6.03. The zero-order chi connectivity index (χ0) is 24.9. The normalized spacial score (nSPS) is 15.0. The van der Waals surface area contributed by atoms with Gasteiger partial charge in [-0.1, -0.05) is 33.8 Å². The Morgan fingerprint density at radius 3 is 2.54 bits per heavy atom. The number of hydrogen-bond donors (Lipinski definition) is 1. The van der Waals surface area contributed by atoms with Crippen LogP contribution >= 0.6 is 11.3 Å². The maximum Gasteiger partial charge on any atom is 0.223 e. The van der Waals surface area contributed by atoms with Crippen LogP contribution in [0, 0.1) is 11.8 Å². The zero-order valence-corrected chi connectivity index (χ0v) is 22.4. The van der Waals surface area contributed by atoms with Gasteiger partial charge in [0.25, 0.3) is 0 Å². The Morgan fingerprint density at radius 1 is 1.17 bits per heavy atom. The van der Waals surface area contributed by atoms with E-state index in [0.717, 1.165) is 55.4 Å². The zero-order valence-electron chi connectivity index (χ0n) is 21.5. The first kappa shape index (κ1) is 25.6. The van der Waals surface area contributed by atoms with Crippen molar-refractivity contribution in [1.82, 2.24) is 14.9 Å². The molecule has 1 saturated carbocycles. The molecule has 1 atom stereocenters. The largest absolute Gasteiger partial charge is 0.353 e. The van der Waals surface area contributed by atoms with Crippen molar-refractivity contribution in [1.29, 1.82) is 0 Å². The van der Waals surface area contributed by atoms with Crippen LogP contribution in [0.1, 0.15) is 99.7 Å². The molecule has 0 radical (unpaired) electrons. The average Bonchev–Trinajstić information content (AvgIpc) is 3.44. The second-order valence-electron chi connectivity index (χ2n) is 10.4. The lowest BCUT2D eigenvalue weighted by Crippen LogP contribution is -2.43. The molecule has 2 aromatic heterocycles. The molecule has 0 aliphatic heterocycles. The lowest BCUT2D eigenvalue weighted by atomic mass is 9.87. The number of hydrogen-bond acceptors (Lipinski definition) is 4.